The molecule has 7 nitrogen and oxygen atoms in total. The van der Waals surface area contributed by atoms with Crippen LogP contribution in [0.4, 0.5) is 0 Å². The third-order valence-electron chi connectivity index (χ3n) is 3.30. The third kappa shape index (κ3) is 2.98. The largest absolute Gasteiger partial charge is 0.484 e. The van der Waals surface area contributed by atoms with Gasteiger partial charge in [-0.2, -0.15) is 5.26 Å². The molecule has 0 radical (unpaired) electrons. The molecular weight excluding hydrogens is 308 g/mol. The van der Waals surface area contributed by atoms with E-state index < -0.39 is 5.97 Å². The molecular formula is C17H12N4O3. The number of hydrogen-bond donors (Lipinski definition) is 0. The number of nitrogens with zero attached hydrogens (tertiary/aromatic N) is 4. The lowest BCUT2D eigenvalue weighted by Gasteiger charge is -2.11. The molecule has 0 aliphatic carbocycles. The summed E-state index contributed by atoms with van der Waals surface area (Å²) in [5.74, 6) is -0.347. The Labute approximate surface area is 137 Å². The van der Waals surface area contributed by atoms with Crippen LogP contribution >= 0.6 is 0 Å². The van der Waals surface area contributed by atoms with E-state index in [1.807, 2.05) is 12.1 Å². The highest BCUT2D eigenvalue weighted by atomic mass is 16.5. The Morgan fingerprint density at radius 1 is 1.21 bits per heavy atom. The number of esters is 1. The van der Waals surface area contributed by atoms with Crippen molar-refractivity contribution in [3.05, 3.63) is 59.8 Å². The molecule has 24 heavy (non-hydrogen) atoms. The van der Waals surface area contributed by atoms with Gasteiger partial charge in [-0.15, -0.1) is 0 Å². The van der Waals surface area contributed by atoms with Gasteiger partial charge < -0.3 is 9.47 Å². The molecule has 0 amide bonds. The molecule has 0 saturated carbocycles. The second-order valence-corrected chi connectivity index (χ2v) is 4.82. The fourth-order valence-electron chi connectivity index (χ4n) is 2.13. The molecule has 3 rings (SSSR count). The van der Waals surface area contributed by atoms with E-state index in [2.05, 4.69) is 15.0 Å². The minimum absolute atomic E-state index is 0.0605. The number of carbonyl (C=O) groups is 1. The maximum Gasteiger partial charge on any atom is 0.360 e. The van der Waals surface area contributed by atoms with Crippen molar-refractivity contribution in [3.63, 3.8) is 0 Å². The fraction of sp³-hybridized carbons (Fsp3) is 0.118. The summed E-state index contributed by atoms with van der Waals surface area (Å²) in [7, 11) is 1.28. The van der Waals surface area contributed by atoms with E-state index in [-0.39, 0.29) is 18.1 Å². The summed E-state index contributed by atoms with van der Waals surface area (Å²) in [4.78, 5) is 24.3. The van der Waals surface area contributed by atoms with Crippen molar-refractivity contribution >= 4 is 16.9 Å². The summed E-state index contributed by atoms with van der Waals surface area (Å²) in [6.07, 6.45) is 4.70. The zero-order chi connectivity index (χ0) is 16.9. The van der Waals surface area contributed by atoms with Crippen molar-refractivity contribution in [3.8, 4) is 11.8 Å². The summed E-state index contributed by atoms with van der Waals surface area (Å²) in [5.41, 5.74) is 1.65. The molecule has 118 valence electrons. The lowest BCUT2D eigenvalue weighted by Crippen LogP contribution is -2.09. The molecule has 0 atom stereocenters. The zero-order valence-corrected chi connectivity index (χ0v) is 12.8. The van der Waals surface area contributed by atoms with Crippen LogP contribution in [0.1, 0.15) is 21.7 Å². The monoisotopic (exact) mass is 320 g/mol. The lowest BCUT2D eigenvalue weighted by atomic mass is 10.2. The van der Waals surface area contributed by atoms with Gasteiger partial charge in [-0.25, -0.2) is 14.8 Å². The molecule has 3 aromatic rings. The highest BCUT2D eigenvalue weighted by molar-refractivity contribution is 5.97. The van der Waals surface area contributed by atoms with Gasteiger partial charge in [0.05, 0.1) is 7.11 Å². The summed E-state index contributed by atoms with van der Waals surface area (Å²) in [5, 5.41) is 9.52. The van der Waals surface area contributed by atoms with Gasteiger partial charge in [-0.05, 0) is 18.2 Å². The van der Waals surface area contributed by atoms with Crippen LogP contribution in [0.2, 0.25) is 0 Å². The van der Waals surface area contributed by atoms with E-state index in [0.717, 1.165) is 10.9 Å². The molecule has 0 unspecified atom stereocenters. The molecule has 0 spiro atoms. The molecule has 0 aliphatic rings. The number of methoxy groups -OCH3 is 1. The Morgan fingerprint density at radius 2 is 2.08 bits per heavy atom. The highest BCUT2D eigenvalue weighted by Crippen LogP contribution is 2.27. The number of ether oxygens (including phenoxy) is 2. The van der Waals surface area contributed by atoms with Crippen molar-refractivity contribution in [1.82, 2.24) is 15.0 Å². The van der Waals surface area contributed by atoms with Gasteiger partial charge in [0, 0.05) is 29.5 Å². The van der Waals surface area contributed by atoms with Crippen molar-refractivity contribution in [2.75, 3.05) is 7.11 Å². The highest BCUT2D eigenvalue weighted by Gasteiger charge is 2.19. The molecule has 0 bridgehead atoms. The molecule has 0 aromatic carbocycles. The predicted molar refractivity (Wildman–Crippen MR) is 84.2 cm³/mol. The van der Waals surface area contributed by atoms with Crippen LogP contribution in [-0.4, -0.2) is 28.0 Å². The minimum Gasteiger partial charge on any atom is -0.484 e. The van der Waals surface area contributed by atoms with E-state index in [1.54, 1.807) is 36.8 Å². The van der Waals surface area contributed by atoms with Crippen LogP contribution in [0.15, 0.2) is 42.9 Å². The van der Waals surface area contributed by atoms with E-state index in [1.165, 1.54) is 7.11 Å². The summed E-state index contributed by atoms with van der Waals surface area (Å²) in [6.45, 7) is 0.153. The molecule has 0 saturated heterocycles. The average molecular weight is 320 g/mol. The predicted octanol–water partition coefficient (Wildman–Crippen LogP) is 2.26. The van der Waals surface area contributed by atoms with Gasteiger partial charge in [0.25, 0.3) is 0 Å². The maximum absolute atomic E-state index is 11.9. The second kappa shape index (κ2) is 6.71. The molecule has 7 heteroatoms. The minimum atomic E-state index is -0.601. The molecule has 0 N–H and O–H groups in total. The number of fused-ring (bicyclic) bond motifs is 1. The molecule has 3 heterocycles. The van der Waals surface area contributed by atoms with Gasteiger partial charge >= 0.3 is 5.97 Å². The first kappa shape index (κ1) is 15.4. The van der Waals surface area contributed by atoms with Crippen molar-refractivity contribution in [2.24, 2.45) is 0 Å². The Balaban J connectivity index is 1.96. The van der Waals surface area contributed by atoms with Gasteiger partial charge in [0.15, 0.2) is 11.4 Å². The number of nitriles is 1. The first-order valence-electron chi connectivity index (χ1n) is 7.03. The first-order chi connectivity index (χ1) is 11.7. The van der Waals surface area contributed by atoms with Crippen molar-refractivity contribution in [1.29, 1.82) is 5.26 Å². The smallest absolute Gasteiger partial charge is 0.360 e. The van der Waals surface area contributed by atoms with E-state index in [9.17, 15) is 4.79 Å². The van der Waals surface area contributed by atoms with E-state index >= 15 is 0 Å². The van der Waals surface area contributed by atoms with Gasteiger partial charge in [0.2, 0.25) is 0 Å². The average Bonchev–Trinajstić information content (AvgIpc) is 2.65. The summed E-state index contributed by atoms with van der Waals surface area (Å²) in [6, 6.07) is 8.88. The summed E-state index contributed by atoms with van der Waals surface area (Å²) >= 11 is 0. The van der Waals surface area contributed by atoms with Gasteiger partial charge in [0.1, 0.15) is 23.9 Å². The SMILES string of the molecule is COC(=O)c1ncc2cccnc2c1OCc1ccc(C#N)nc1. The third-order valence-corrected chi connectivity index (χ3v) is 3.30. The Morgan fingerprint density at radius 3 is 2.79 bits per heavy atom. The Hall–Kier alpha value is -3.53. The van der Waals surface area contributed by atoms with Crippen molar-refractivity contribution in [2.45, 2.75) is 6.61 Å². The number of hydrogen-bond acceptors (Lipinski definition) is 7. The standard InChI is InChI=1S/C17H12N4O3/c1-23-17(22)15-16(14-12(9-21-15)3-2-6-19-14)24-10-11-4-5-13(7-18)20-8-11/h2-6,8-9H,10H2,1H3. The normalized spacial score (nSPS) is 10.2. The van der Waals surface area contributed by atoms with Crippen LogP contribution in [0, 0.1) is 11.3 Å². The maximum atomic E-state index is 11.9. The molecule has 0 fully saturated rings. The zero-order valence-electron chi connectivity index (χ0n) is 12.8. The quantitative estimate of drug-likeness (QED) is 0.680. The number of aromatic nitrogens is 3. The fourth-order valence-corrected chi connectivity index (χ4v) is 2.13. The van der Waals surface area contributed by atoms with Crippen LogP contribution in [0.3, 0.4) is 0 Å². The molecule has 3 aromatic heterocycles. The number of pyridine rings is 3. The first-order valence-corrected chi connectivity index (χ1v) is 7.03. The lowest BCUT2D eigenvalue weighted by molar-refractivity contribution is 0.0588. The Kier molecular flexibility index (Phi) is 4.29. The molecule has 0 aliphatic heterocycles. The second-order valence-electron chi connectivity index (χ2n) is 4.82. The van der Waals surface area contributed by atoms with Crippen molar-refractivity contribution < 1.29 is 14.3 Å². The topological polar surface area (TPSA) is 98.0 Å². The number of carbonyl (C=O) groups excluding carboxylic acids is 1. The number of rotatable bonds is 4. The van der Waals surface area contributed by atoms with E-state index in [0.29, 0.717) is 11.2 Å². The summed E-state index contributed by atoms with van der Waals surface area (Å²) < 4.78 is 10.5. The van der Waals surface area contributed by atoms with Crippen LogP contribution in [0.5, 0.6) is 5.75 Å². The van der Waals surface area contributed by atoms with Gasteiger partial charge in [-0.1, -0.05) is 6.07 Å². The van der Waals surface area contributed by atoms with Gasteiger partial charge in [-0.3, -0.25) is 4.98 Å². The van der Waals surface area contributed by atoms with Crippen LogP contribution in [0.25, 0.3) is 10.9 Å². The Bertz CT molecular complexity index is 933. The van der Waals surface area contributed by atoms with E-state index in [4.69, 9.17) is 14.7 Å². The van der Waals surface area contributed by atoms with Crippen LogP contribution < -0.4 is 4.74 Å². The van der Waals surface area contributed by atoms with Crippen LogP contribution in [-0.2, 0) is 11.3 Å².